The Morgan fingerprint density at radius 2 is 1.81 bits per heavy atom. The maximum atomic E-state index is 8.78. The fourth-order valence-corrected chi connectivity index (χ4v) is 1.79. The highest BCUT2D eigenvalue weighted by Gasteiger charge is 2.01. The third-order valence-corrected chi connectivity index (χ3v) is 2.67. The zero-order valence-corrected chi connectivity index (χ0v) is 10.6. The van der Waals surface area contributed by atoms with Crippen LogP contribution >= 0.6 is 0 Å². The second kappa shape index (κ2) is 6.54. The molecule has 0 bridgehead atoms. The average molecular weight is 221 g/mol. The highest BCUT2D eigenvalue weighted by molar-refractivity contribution is 5.46. The van der Waals surface area contributed by atoms with Gasteiger partial charge in [0, 0.05) is 25.9 Å². The summed E-state index contributed by atoms with van der Waals surface area (Å²) in [4.78, 5) is 2.18. The Morgan fingerprint density at radius 1 is 1.19 bits per heavy atom. The van der Waals surface area contributed by atoms with Gasteiger partial charge in [-0.15, -0.1) is 0 Å². The van der Waals surface area contributed by atoms with Gasteiger partial charge in [0.15, 0.2) is 0 Å². The molecule has 16 heavy (non-hydrogen) atoms. The second-order valence-electron chi connectivity index (χ2n) is 4.76. The lowest BCUT2D eigenvalue weighted by atomic mass is 10.0. The molecule has 1 aromatic rings. The lowest BCUT2D eigenvalue weighted by Crippen LogP contribution is -2.19. The number of anilines is 1. The molecule has 0 spiro atoms. The Kier molecular flexibility index (Phi) is 5.33. The summed E-state index contributed by atoms with van der Waals surface area (Å²) in [5.74, 6) is 0.706. The van der Waals surface area contributed by atoms with Crippen molar-refractivity contribution in [3.05, 3.63) is 29.8 Å². The highest BCUT2D eigenvalue weighted by Crippen LogP contribution is 2.16. The van der Waals surface area contributed by atoms with Crippen LogP contribution in [-0.2, 0) is 6.42 Å². The van der Waals surface area contributed by atoms with E-state index in [1.165, 1.54) is 11.3 Å². The van der Waals surface area contributed by atoms with E-state index in [1.54, 1.807) is 0 Å². The van der Waals surface area contributed by atoms with Crippen LogP contribution in [0.4, 0.5) is 5.69 Å². The van der Waals surface area contributed by atoms with E-state index in [0.29, 0.717) is 5.92 Å². The Labute approximate surface area is 98.9 Å². The molecule has 0 aliphatic rings. The van der Waals surface area contributed by atoms with Gasteiger partial charge >= 0.3 is 0 Å². The van der Waals surface area contributed by atoms with Crippen LogP contribution < -0.4 is 4.90 Å². The van der Waals surface area contributed by atoms with Crippen molar-refractivity contribution in [2.45, 2.75) is 26.7 Å². The van der Waals surface area contributed by atoms with E-state index in [2.05, 4.69) is 50.1 Å². The lowest BCUT2D eigenvalue weighted by molar-refractivity contribution is 0.290. The summed E-state index contributed by atoms with van der Waals surface area (Å²) < 4.78 is 0. The van der Waals surface area contributed by atoms with Gasteiger partial charge in [0.2, 0.25) is 0 Å². The molecule has 0 heterocycles. The minimum Gasteiger partial charge on any atom is -0.396 e. The fraction of sp³-hybridized carbons (Fsp3) is 0.571. The molecule has 0 aliphatic carbocycles. The van der Waals surface area contributed by atoms with Crippen LogP contribution in [0.1, 0.15) is 25.8 Å². The van der Waals surface area contributed by atoms with Gasteiger partial charge in [0.25, 0.3) is 0 Å². The van der Waals surface area contributed by atoms with Crippen LogP contribution in [0.15, 0.2) is 24.3 Å². The maximum Gasteiger partial charge on any atom is 0.0447 e. The van der Waals surface area contributed by atoms with Crippen molar-refractivity contribution in [2.75, 3.05) is 25.1 Å². The Hall–Kier alpha value is -1.02. The molecular formula is C14H23NO. The molecule has 0 saturated carbocycles. The quantitative estimate of drug-likeness (QED) is 0.798. The van der Waals surface area contributed by atoms with Gasteiger partial charge in [-0.25, -0.2) is 0 Å². The zero-order valence-electron chi connectivity index (χ0n) is 10.6. The molecule has 2 nitrogen and oxygen atoms in total. The fourth-order valence-electron chi connectivity index (χ4n) is 1.79. The molecule has 0 fully saturated rings. The molecule has 0 unspecified atom stereocenters. The van der Waals surface area contributed by atoms with Gasteiger partial charge in [-0.3, -0.25) is 0 Å². The number of aliphatic hydroxyl groups is 1. The Bertz CT molecular complexity index is 292. The van der Waals surface area contributed by atoms with E-state index < -0.39 is 0 Å². The van der Waals surface area contributed by atoms with Crippen LogP contribution in [0.25, 0.3) is 0 Å². The summed E-state index contributed by atoms with van der Waals surface area (Å²) in [5, 5.41) is 8.78. The van der Waals surface area contributed by atoms with E-state index in [0.717, 1.165) is 19.4 Å². The number of hydrogen-bond acceptors (Lipinski definition) is 2. The minimum atomic E-state index is 0.260. The van der Waals surface area contributed by atoms with Gasteiger partial charge < -0.3 is 10.0 Å². The summed E-state index contributed by atoms with van der Waals surface area (Å²) in [5.41, 5.74) is 2.62. The molecule has 1 rings (SSSR count). The van der Waals surface area contributed by atoms with Gasteiger partial charge in [-0.05, 0) is 36.5 Å². The average Bonchev–Trinajstić information content (AvgIpc) is 2.26. The van der Waals surface area contributed by atoms with Crippen LogP contribution in [0.5, 0.6) is 0 Å². The van der Waals surface area contributed by atoms with E-state index >= 15 is 0 Å². The Morgan fingerprint density at radius 3 is 2.31 bits per heavy atom. The van der Waals surface area contributed by atoms with Crippen LogP contribution in [0.2, 0.25) is 0 Å². The molecule has 0 aliphatic heterocycles. The summed E-state index contributed by atoms with van der Waals surface area (Å²) in [7, 11) is 2.06. The third kappa shape index (κ3) is 4.23. The summed E-state index contributed by atoms with van der Waals surface area (Å²) in [6, 6.07) is 8.72. The van der Waals surface area contributed by atoms with Crippen LogP contribution in [-0.4, -0.2) is 25.3 Å². The molecule has 90 valence electrons. The van der Waals surface area contributed by atoms with Crippen molar-refractivity contribution >= 4 is 5.69 Å². The number of benzene rings is 1. The molecule has 2 heteroatoms. The van der Waals surface area contributed by atoms with Crippen molar-refractivity contribution in [3.8, 4) is 0 Å². The van der Waals surface area contributed by atoms with Crippen molar-refractivity contribution < 1.29 is 5.11 Å². The smallest absolute Gasteiger partial charge is 0.0447 e. The molecule has 0 aromatic heterocycles. The molecular weight excluding hydrogens is 198 g/mol. The van der Waals surface area contributed by atoms with E-state index in [9.17, 15) is 0 Å². The lowest BCUT2D eigenvalue weighted by Gasteiger charge is -2.19. The topological polar surface area (TPSA) is 23.5 Å². The van der Waals surface area contributed by atoms with Crippen molar-refractivity contribution in [2.24, 2.45) is 5.92 Å². The summed E-state index contributed by atoms with van der Waals surface area (Å²) in [6.45, 7) is 5.64. The van der Waals surface area contributed by atoms with E-state index in [4.69, 9.17) is 5.11 Å². The first kappa shape index (κ1) is 13.0. The van der Waals surface area contributed by atoms with E-state index in [-0.39, 0.29) is 6.61 Å². The van der Waals surface area contributed by atoms with Crippen LogP contribution in [0.3, 0.4) is 0 Å². The SMILES string of the molecule is CC(C)Cc1ccc(N(C)CCCO)cc1. The minimum absolute atomic E-state index is 0.260. The highest BCUT2D eigenvalue weighted by atomic mass is 16.3. The second-order valence-corrected chi connectivity index (χ2v) is 4.76. The summed E-state index contributed by atoms with van der Waals surface area (Å²) >= 11 is 0. The van der Waals surface area contributed by atoms with E-state index in [1.807, 2.05) is 0 Å². The molecule has 0 saturated heterocycles. The Balaban J connectivity index is 2.56. The predicted octanol–water partition coefficient (Wildman–Crippen LogP) is 2.70. The number of rotatable bonds is 6. The molecule has 1 N–H and O–H groups in total. The normalized spacial score (nSPS) is 10.8. The van der Waals surface area contributed by atoms with Gasteiger partial charge in [0.05, 0.1) is 0 Å². The first-order valence-corrected chi connectivity index (χ1v) is 6.04. The van der Waals surface area contributed by atoms with Gasteiger partial charge in [-0.1, -0.05) is 26.0 Å². The molecule has 0 radical (unpaired) electrons. The largest absolute Gasteiger partial charge is 0.396 e. The van der Waals surface area contributed by atoms with Crippen molar-refractivity contribution in [3.63, 3.8) is 0 Å². The molecule has 0 amide bonds. The zero-order chi connectivity index (χ0) is 12.0. The van der Waals surface area contributed by atoms with Gasteiger partial charge in [-0.2, -0.15) is 0 Å². The first-order valence-electron chi connectivity index (χ1n) is 6.04. The van der Waals surface area contributed by atoms with Crippen molar-refractivity contribution in [1.82, 2.24) is 0 Å². The number of aliphatic hydroxyl groups excluding tert-OH is 1. The number of nitrogens with zero attached hydrogens (tertiary/aromatic N) is 1. The maximum absolute atomic E-state index is 8.78. The van der Waals surface area contributed by atoms with Gasteiger partial charge in [0.1, 0.15) is 0 Å². The third-order valence-electron chi connectivity index (χ3n) is 2.67. The van der Waals surface area contributed by atoms with Crippen molar-refractivity contribution in [1.29, 1.82) is 0 Å². The molecule has 0 atom stereocenters. The summed E-state index contributed by atoms with van der Waals surface area (Å²) in [6.07, 6.45) is 1.96. The first-order chi connectivity index (χ1) is 7.63. The monoisotopic (exact) mass is 221 g/mol. The molecule has 1 aromatic carbocycles. The van der Waals surface area contributed by atoms with Crippen LogP contribution in [0, 0.1) is 5.92 Å². The predicted molar refractivity (Wildman–Crippen MR) is 70.0 cm³/mol. The standard InChI is InChI=1S/C14H23NO/c1-12(2)11-13-5-7-14(8-6-13)15(3)9-4-10-16/h5-8,12,16H,4,9-11H2,1-3H3. The number of hydrogen-bond donors (Lipinski definition) is 1.